The molecule has 1 fully saturated rings. The highest BCUT2D eigenvalue weighted by Crippen LogP contribution is 2.49. The zero-order chi connectivity index (χ0) is 14.0. The molecule has 3 atom stereocenters. The molecule has 0 aromatic heterocycles. The van der Waals surface area contributed by atoms with Gasteiger partial charge in [0.15, 0.2) is 0 Å². The Morgan fingerprint density at radius 3 is 2.47 bits per heavy atom. The number of rotatable bonds is 2. The Balaban J connectivity index is 2.25. The molecule has 2 nitrogen and oxygen atoms in total. The second kappa shape index (κ2) is 5.35. The number of hydrogen-bond acceptors (Lipinski definition) is 2. The Kier molecular flexibility index (Phi) is 3.96. The minimum absolute atomic E-state index is 0.172. The third-order valence-electron chi connectivity index (χ3n) is 4.72. The molecule has 19 heavy (non-hydrogen) atoms. The smallest absolute Gasteiger partial charge is 0.0991 e. The molecule has 0 radical (unpaired) electrons. The molecule has 0 unspecified atom stereocenters. The van der Waals surface area contributed by atoms with Gasteiger partial charge in [-0.1, -0.05) is 45.7 Å². The Labute approximate surface area is 116 Å². The van der Waals surface area contributed by atoms with Gasteiger partial charge in [0.2, 0.25) is 0 Å². The summed E-state index contributed by atoms with van der Waals surface area (Å²) < 4.78 is 0. The topological polar surface area (TPSA) is 44.0 Å². The minimum Gasteiger partial charge on any atom is -0.388 e. The third-order valence-corrected chi connectivity index (χ3v) is 4.72. The Bertz CT molecular complexity index is 469. The summed E-state index contributed by atoms with van der Waals surface area (Å²) in [5.41, 5.74) is 1.75. The van der Waals surface area contributed by atoms with Crippen LogP contribution in [0.5, 0.6) is 0 Å². The molecular formula is C17H23NO. The summed E-state index contributed by atoms with van der Waals surface area (Å²) in [5.74, 6) is 0.823. The minimum atomic E-state index is -0.432. The molecule has 0 spiro atoms. The summed E-state index contributed by atoms with van der Waals surface area (Å²) in [4.78, 5) is 0. The van der Waals surface area contributed by atoms with E-state index in [1.165, 1.54) is 19.3 Å². The molecule has 1 aromatic rings. The molecule has 1 N–H and O–H groups in total. The lowest BCUT2D eigenvalue weighted by Crippen LogP contribution is -2.37. The van der Waals surface area contributed by atoms with Crippen LogP contribution >= 0.6 is 0 Å². The van der Waals surface area contributed by atoms with E-state index in [1.54, 1.807) is 12.1 Å². The molecule has 2 heteroatoms. The molecule has 0 bridgehead atoms. The number of nitrogens with zero attached hydrogens (tertiary/aromatic N) is 1. The summed E-state index contributed by atoms with van der Waals surface area (Å²) >= 11 is 0. The fraction of sp³-hybridized carbons (Fsp3) is 0.588. The monoisotopic (exact) mass is 257 g/mol. The van der Waals surface area contributed by atoms with Crippen LogP contribution in [0.4, 0.5) is 0 Å². The first-order valence-corrected chi connectivity index (χ1v) is 7.14. The summed E-state index contributed by atoms with van der Waals surface area (Å²) in [6, 6.07) is 9.48. The van der Waals surface area contributed by atoms with E-state index in [-0.39, 0.29) is 11.3 Å². The van der Waals surface area contributed by atoms with Gasteiger partial charge < -0.3 is 5.11 Å². The standard InChI is InChI=1S/C17H23NO/c1-12-5-4-10-17(2,3)15(12)16(19)14-8-6-13(11-18)7-9-14/h6-9,12,15-16,19H,4-5,10H2,1-3H3/t12-,15-,16+/m0/s1. The Morgan fingerprint density at radius 2 is 1.95 bits per heavy atom. The SMILES string of the molecule is C[C@H]1CCCC(C)(C)[C@@H]1[C@H](O)c1ccc(C#N)cc1. The van der Waals surface area contributed by atoms with Crippen molar-refractivity contribution in [2.75, 3.05) is 0 Å². The van der Waals surface area contributed by atoms with Crippen LogP contribution in [-0.4, -0.2) is 5.11 Å². The lowest BCUT2D eigenvalue weighted by atomic mass is 9.61. The van der Waals surface area contributed by atoms with Crippen LogP contribution in [0.1, 0.15) is 57.3 Å². The van der Waals surface area contributed by atoms with Gasteiger partial charge in [0.05, 0.1) is 17.7 Å². The van der Waals surface area contributed by atoms with Gasteiger partial charge in [-0.2, -0.15) is 5.26 Å². The second-order valence-corrected chi connectivity index (χ2v) is 6.56. The van der Waals surface area contributed by atoms with Gasteiger partial charge in [-0.05, 0) is 41.4 Å². The fourth-order valence-corrected chi connectivity index (χ4v) is 3.70. The summed E-state index contributed by atoms with van der Waals surface area (Å²) in [7, 11) is 0. The average molecular weight is 257 g/mol. The molecule has 1 aromatic carbocycles. The first-order valence-electron chi connectivity index (χ1n) is 7.14. The van der Waals surface area contributed by atoms with E-state index in [2.05, 4.69) is 26.8 Å². The summed E-state index contributed by atoms with van der Waals surface area (Å²) in [5, 5.41) is 19.6. The van der Waals surface area contributed by atoms with Crippen molar-refractivity contribution in [3.8, 4) is 6.07 Å². The van der Waals surface area contributed by atoms with Crippen molar-refractivity contribution in [2.24, 2.45) is 17.3 Å². The molecule has 1 aliphatic carbocycles. The van der Waals surface area contributed by atoms with Crippen molar-refractivity contribution in [3.63, 3.8) is 0 Å². The molecule has 0 amide bonds. The van der Waals surface area contributed by atoms with E-state index in [4.69, 9.17) is 5.26 Å². The number of benzene rings is 1. The van der Waals surface area contributed by atoms with E-state index in [9.17, 15) is 5.11 Å². The van der Waals surface area contributed by atoms with Gasteiger partial charge in [-0.3, -0.25) is 0 Å². The van der Waals surface area contributed by atoms with Crippen LogP contribution in [0.2, 0.25) is 0 Å². The van der Waals surface area contributed by atoms with Crippen molar-refractivity contribution in [1.82, 2.24) is 0 Å². The van der Waals surface area contributed by atoms with Crippen LogP contribution in [-0.2, 0) is 0 Å². The molecule has 2 rings (SSSR count). The van der Waals surface area contributed by atoms with E-state index in [1.807, 2.05) is 12.1 Å². The first kappa shape index (κ1) is 14.1. The zero-order valence-electron chi connectivity index (χ0n) is 12.1. The van der Waals surface area contributed by atoms with Gasteiger partial charge in [-0.25, -0.2) is 0 Å². The van der Waals surface area contributed by atoms with E-state index >= 15 is 0 Å². The second-order valence-electron chi connectivity index (χ2n) is 6.56. The highest BCUT2D eigenvalue weighted by Gasteiger charge is 2.41. The number of nitriles is 1. The maximum absolute atomic E-state index is 10.7. The lowest BCUT2D eigenvalue weighted by Gasteiger charge is -2.45. The van der Waals surface area contributed by atoms with Gasteiger partial charge in [0, 0.05) is 0 Å². The zero-order valence-corrected chi connectivity index (χ0v) is 12.1. The normalized spacial score (nSPS) is 27.5. The van der Waals surface area contributed by atoms with E-state index in [0.29, 0.717) is 11.5 Å². The average Bonchev–Trinajstić information content (AvgIpc) is 2.37. The van der Waals surface area contributed by atoms with Gasteiger partial charge in [0.25, 0.3) is 0 Å². The van der Waals surface area contributed by atoms with Crippen LogP contribution in [0.3, 0.4) is 0 Å². The first-order chi connectivity index (χ1) is 8.95. The van der Waals surface area contributed by atoms with Crippen LogP contribution < -0.4 is 0 Å². The highest BCUT2D eigenvalue weighted by atomic mass is 16.3. The van der Waals surface area contributed by atoms with Crippen LogP contribution in [0, 0.1) is 28.6 Å². The van der Waals surface area contributed by atoms with Crippen molar-refractivity contribution in [2.45, 2.75) is 46.1 Å². The Hall–Kier alpha value is -1.33. The quantitative estimate of drug-likeness (QED) is 0.868. The van der Waals surface area contributed by atoms with E-state index < -0.39 is 6.10 Å². The van der Waals surface area contributed by atoms with Crippen LogP contribution in [0.15, 0.2) is 24.3 Å². The maximum Gasteiger partial charge on any atom is 0.0991 e. The summed E-state index contributed by atoms with van der Waals surface area (Å²) in [6.45, 7) is 6.78. The lowest BCUT2D eigenvalue weighted by molar-refractivity contribution is -0.0292. The predicted molar refractivity (Wildman–Crippen MR) is 76.4 cm³/mol. The van der Waals surface area contributed by atoms with Crippen molar-refractivity contribution < 1.29 is 5.11 Å². The predicted octanol–water partition coefficient (Wildman–Crippen LogP) is 4.05. The number of aliphatic hydroxyl groups excluding tert-OH is 1. The molecule has 0 heterocycles. The molecule has 102 valence electrons. The Morgan fingerprint density at radius 1 is 1.32 bits per heavy atom. The summed E-state index contributed by atoms with van der Waals surface area (Å²) in [6.07, 6.45) is 3.19. The number of hydrogen-bond donors (Lipinski definition) is 1. The molecule has 0 saturated heterocycles. The van der Waals surface area contributed by atoms with Gasteiger partial charge in [0.1, 0.15) is 0 Å². The highest BCUT2D eigenvalue weighted by molar-refractivity contribution is 5.32. The van der Waals surface area contributed by atoms with E-state index in [0.717, 1.165) is 5.56 Å². The maximum atomic E-state index is 10.7. The van der Waals surface area contributed by atoms with Crippen molar-refractivity contribution in [3.05, 3.63) is 35.4 Å². The molecule has 0 aliphatic heterocycles. The van der Waals surface area contributed by atoms with Crippen molar-refractivity contribution >= 4 is 0 Å². The van der Waals surface area contributed by atoms with Crippen molar-refractivity contribution in [1.29, 1.82) is 5.26 Å². The van der Waals surface area contributed by atoms with Gasteiger partial charge in [-0.15, -0.1) is 0 Å². The van der Waals surface area contributed by atoms with Gasteiger partial charge >= 0.3 is 0 Å². The van der Waals surface area contributed by atoms with Crippen LogP contribution in [0.25, 0.3) is 0 Å². The largest absolute Gasteiger partial charge is 0.388 e. The fourth-order valence-electron chi connectivity index (χ4n) is 3.70. The number of aliphatic hydroxyl groups is 1. The molecule has 1 aliphatic rings. The molecule has 1 saturated carbocycles. The molecular weight excluding hydrogens is 234 g/mol. The third kappa shape index (κ3) is 2.82.